The van der Waals surface area contributed by atoms with Gasteiger partial charge in [0.15, 0.2) is 0 Å². The van der Waals surface area contributed by atoms with Crippen molar-refractivity contribution in [1.82, 2.24) is 4.98 Å². The number of rotatable bonds is 5. The molecule has 4 heteroatoms. The van der Waals surface area contributed by atoms with Crippen LogP contribution >= 0.6 is 0 Å². The third-order valence-corrected chi connectivity index (χ3v) is 2.38. The van der Waals surface area contributed by atoms with Gasteiger partial charge in [-0.3, -0.25) is 4.98 Å². The molecule has 1 aromatic carbocycles. The van der Waals surface area contributed by atoms with E-state index in [-0.39, 0.29) is 0 Å². The van der Waals surface area contributed by atoms with Gasteiger partial charge in [-0.15, -0.1) is 0 Å². The molecule has 19 heavy (non-hydrogen) atoms. The second kappa shape index (κ2) is 6.64. The summed E-state index contributed by atoms with van der Waals surface area (Å²) in [6.07, 6.45) is 2.75. The standard InChI is InChI=1S/C15H13F2NO/c16-15(17)11-19-14-9-8-13(18-10-14)7-6-12-4-2-1-3-5-12/h1-10,15H,11H2/b7-6+. The summed E-state index contributed by atoms with van der Waals surface area (Å²) in [4.78, 5) is 4.11. The Bertz CT molecular complexity index is 524. The van der Waals surface area contributed by atoms with Crippen LogP contribution < -0.4 is 4.74 Å². The first kappa shape index (κ1) is 13.2. The highest BCUT2D eigenvalue weighted by molar-refractivity contribution is 5.67. The third-order valence-electron chi connectivity index (χ3n) is 2.38. The molecule has 0 fully saturated rings. The van der Waals surface area contributed by atoms with E-state index in [1.165, 1.54) is 6.20 Å². The Hall–Kier alpha value is -2.23. The van der Waals surface area contributed by atoms with E-state index in [1.807, 2.05) is 42.5 Å². The molecule has 2 rings (SSSR count). The Balaban J connectivity index is 1.97. The predicted molar refractivity (Wildman–Crippen MR) is 71.1 cm³/mol. The zero-order valence-electron chi connectivity index (χ0n) is 10.2. The van der Waals surface area contributed by atoms with E-state index < -0.39 is 13.0 Å². The zero-order valence-corrected chi connectivity index (χ0v) is 10.2. The van der Waals surface area contributed by atoms with Crippen molar-refractivity contribution >= 4 is 12.2 Å². The number of hydrogen-bond acceptors (Lipinski definition) is 2. The monoisotopic (exact) mass is 261 g/mol. The molecule has 0 N–H and O–H groups in total. The van der Waals surface area contributed by atoms with Gasteiger partial charge >= 0.3 is 0 Å². The van der Waals surface area contributed by atoms with Gasteiger partial charge in [0.1, 0.15) is 12.4 Å². The third kappa shape index (κ3) is 4.50. The van der Waals surface area contributed by atoms with Crippen LogP contribution in [0.3, 0.4) is 0 Å². The fraction of sp³-hybridized carbons (Fsp3) is 0.133. The summed E-state index contributed by atoms with van der Waals surface area (Å²) in [7, 11) is 0. The Morgan fingerprint density at radius 2 is 1.84 bits per heavy atom. The number of alkyl halides is 2. The van der Waals surface area contributed by atoms with Crippen LogP contribution in [0.15, 0.2) is 48.7 Å². The molecule has 2 aromatic rings. The second-order valence-corrected chi connectivity index (χ2v) is 3.86. The highest BCUT2D eigenvalue weighted by atomic mass is 19.3. The van der Waals surface area contributed by atoms with Crippen molar-refractivity contribution in [2.24, 2.45) is 0 Å². The topological polar surface area (TPSA) is 22.1 Å². The molecule has 0 atom stereocenters. The predicted octanol–water partition coefficient (Wildman–Crippen LogP) is 3.90. The Morgan fingerprint density at radius 1 is 1.05 bits per heavy atom. The number of hydrogen-bond donors (Lipinski definition) is 0. The van der Waals surface area contributed by atoms with Gasteiger partial charge in [0.2, 0.25) is 0 Å². The molecule has 1 heterocycles. The largest absolute Gasteiger partial charge is 0.486 e. The molecule has 0 aliphatic carbocycles. The van der Waals surface area contributed by atoms with Crippen LogP contribution in [-0.2, 0) is 0 Å². The number of nitrogens with zero attached hydrogens (tertiary/aromatic N) is 1. The summed E-state index contributed by atoms with van der Waals surface area (Å²) in [6, 6.07) is 13.2. The maximum atomic E-state index is 12.0. The molecule has 0 aliphatic rings. The number of halogens is 2. The van der Waals surface area contributed by atoms with Crippen molar-refractivity contribution < 1.29 is 13.5 Å². The molecule has 0 amide bonds. The van der Waals surface area contributed by atoms with Crippen molar-refractivity contribution in [3.63, 3.8) is 0 Å². The van der Waals surface area contributed by atoms with E-state index in [1.54, 1.807) is 12.1 Å². The molecule has 0 aliphatic heterocycles. The molecule has 0 saturated heterocycles. The summed E-state index contributed by atoms with van der Waals surface area (Å²) in [5.41, 5.74) is 1.82. The van der Waals surface area contributed by atoms with Gasteiger partial charge in [0.25, 0.3) is 6.43 Å². The van der Waals surface area contributed by atoms with E-state index in [0.717, 1.165) is 11.3 Å². The fourth-order valence-electron chi connectivity index (χ4n) is 1.48. The van der Waals surface area contributed by atoms with Crippen molar-refractivity contribution in [1.29, 1.82) is 0 Å². The Morgan fingerprint density at radius 3 is 2.47 bits per heavy atom. The van der Waals surface area contributed by atoms with Crippen LogP contribution in [-0.4, -0.2) is 18.0 Å². The molecule has 1 aromatic heterocycles. The smallest absolute Gasteiger partial charge is 0.272 e. The molecule has 2 nitrogen and oxygen atoms in total. The number of ether oxygens (including phenoxy) is 1. The van der Waals surface area contributed by atoms with Gasteiger partial charge in [-0.25, -0.2) is 8.78 Å². The van der Waals surface area contributed by atoms with Crippen molar-refractivity contribution in [2.75, 3.05) is 6.61 Å². The van der Waals surface area contributed by atoms with E-state index in [0.29, 0.717) is 5.75 Å². The minimum Gasteiger partial charge on any atom is -0.486 e. The minimum atomic E-state index is -2.47. The highest BCUT2D eigenvalue weighted by Crippen LogP contribution is 2.12. The lowest BCUT2D eigenvalue weighted by Gasteiger charge is -2.04. The molecule has 0 unspecified atom stereocenters. The molecular weight excluding hydrogens is 248 g/mol. The summed E-state index contributed by atoms with van der Waals surface area (Å²) < 4.78 is 28.8. The van der Waals surface area contributed by atoms with Gasteiger partial charge in [-0.2, -0.15) is 0 Å². The average molecular weight is 261 g/mol. The minimum absolute atomic E-state index is 0.345. The first-order valence-corrected chi connectivity index (χ1v) is 5.84. The van der Waals surface area contributed by atoms with E-state index in [4.69, 9.17) is 4.74 Å². The molecular formula is C15H13F2NO. The van der Waals surface area contributed by atoms with Crippen LogP contribution in [0.4, 0.5) is 8.78 Å². The van der Waals surface area contributed by atoms with Gasteiger partial charge in [-0.1, -0.05) is 36.4 Å². The molecule has 0 saturated carbocycles. The quantitative estimate of drug-likeness (QED) is 0.814. The zero-order chi connectivity index (χ0) is 13.5. The highest BCUT2D eigenvalue weighted by Gasteiger charge is 2.03. The first-order chi connectivity index (χ1) is 9.24. The summed E-state index contributed by atoms with van der Waals surface area (Å²) in [5.74, 6) is 0.345. The number of pyridine rings is 1. The van der Waals surface area contributed by atoms with Crippen LogP contribution in [0.2, 0.25) is 0 Å². The van der Waals surface area contributed by atoms with Crippen LogP contribution in [0, 0.1) is 0 Å². The van der Waals surface area contributed by atoms with Crippen LogP contribution in [0.5, 0.6) is 5.75 Å². The Labute approximate surface area is 110 Å². The SMILES string of the molecule is FC(F)COc1ccc(/C=C/c2ccccc2)nc1. The van der Waals surface area contributed by atoms with Crippen LogP contribution in [0.25, 0.3) is 12.2 Å². The molecule has 0 bridgehead atoms. The lowest BCUT2D eigenvalue weighted by molar-refractivity contribution is 0.0817. The normalized spacial score (nSPS) is 11.1. The Kier molecular flexibility index (Phi) is 4.61. The van der Waals surface area contributed by atoms with E-state index in [2.05, 4.69) is 4.98 Å². The van der Waals surface area contributed by atoms with Crippen LogP contribution in [0.1, 0.15) is 11.3 Å². The average Bonchev–Trinajstić information content (AvgIpc) is 2.45. The molecule has 0 radical (unpaired) electrons. The van der Waals surface area contributed by atoms with Gasteiger partial charge in [0, 0.05) is 0 Å². The van der Waals surface area contributed by atoms with E-state index in [9.17, 15) is 8.78 Å². The maximum absolute atomic E-state index is 12.0. The van der Waals surface area contributed by atoms with E-state index >= 15 is 0 Å². The van der Waals surface area contributed by atoms with Gasteiger partial charge in [0.05, 0.1) is 11.9 Å². The fourth-order valence-corrected chi connectivity index (χ4v) is 1.48. The summed E-state index contributed by atoms with van der Waals surface area (Å²) >= 11 is 0. The molecule has 0 spiro atoms. The number of aromatic nitrogens is 1. The van der Waals surface area contributed by atoms with Crippen molar-refractivity contribution in [3.8, 4) is 5.75 Å². The van der Waals surface area contributed by atoms with Gasteiger partial charge < -0.3 is 4.74 Å². The summed E-state index contributed by atoms with van der Waals surface area (Å²) in [5, 5.41) is 0. The summed E-state index contributed by atoms with van der Waals surface area (Å²) in [6.45, 7) is -0.610. The first-order valence-electron chi connectivity index (χ1n) is 5.84. The lowest BCUT2D eigenvalue weighted by Crippen LogP contribution is -2.06. The van der Waals surface area contributed by atoms with Crippen molar-refractivity contribution in [3.05, 3.63) is 59.9 Å². The second-order valence-electron chi connectivity index (χ2n) is 3.86. The maximum Gasteiger partial charge on any atom is 0.272 e. The molecule has 98 valence electrons. The number of benzene rings is 1. The van der Waals surface area contributed by atoms with Crippen molar-refractivity contribution in [2.45, 2.75) is 6.43 Å². The lowest BCUT2D eigenvalue weighted by atomic mass is 10.2. The van der Waals surface area contributed by atoms with Gasteiger partial charge in [-0.05, 0) is 23.8 Å².